The van der Waals surface area contributed by atoms with Gasteiger partial charge < -0.3 is 14.3 Å². The maximum Gasteiger partial charge on any atom is 0.411 e. The summed E-state index contributed by atoms with van der Waals surface area (Å²) in [6.45, 7) is 0.101. The highest BCUT2D eigenvalue weighted by Crippen LogP contribution is 2.44. The number of carbonyl (C=O) groups excluding carboxylic acids is 4. The lowest BCUT2D eigenvalue weighted by Crippen LogP contribution is -2.32. The third-order valence-electron chi connectivity index (χ3n) is 6.95. The molecule has 198 valence electrons. The Hall–Kier alpha value is -5.44. The number of nitrogens with zero attached hydrogens (tertiary/aromatic N) is 1. The van der Waals surface area contributed by atoms with E-state index in [0.717, 1.165) is 22.3 Å². The summed E-state index contributed by atoms with van der Waals surface area (Å²) < 4.78 is 10.9. The van der Waals surface area contributed by atoms with Crippen LogP contribution >= 0.6 is 0 Å². The highest BCUT2D eigenvalue weighted by Gasteiger charge is 2.39. The van der Waals surface area contributed by atoms with Crippen LogP contribution in [0.15, 0.2) is 91.0 Å². The Morgan fingerprint density at radius 3 is 1.90 bits per heavy atom. The van der Waals surface area contributed by atoms with Crippen molar-refractivity contribution in [2.45, 2.75) is 5.92 Å². The van der Waals surface area contributed by atoms with Crippen molar-refractivity contribution in [3.8, 4) is 16.9 Å². The zero-order chi connectivity index (χ0) is 27.8. The molecule has 0 aromatic heterocycles. The van der Waals surface area contributed by atoms with E-state index in [4.69, 9.17) is 14.3 Å². The monoisotopic (exact) mass is 534 g/mol. The van der Waals surface area contributed by atoms with Gasteiger partial charge in [-0.3, -0.25) is 14.9 Å². The Morgan fingerprint density at radius 2 is 1.32 bits per heavy atom. The van der Waals surface area contributed by atoms with Gasteiger partial charge in [-0.2, -0.15) is 0 Å². The van der Waals surface area contributed by atoms with Gasteiger partial charge in [-0.1, -0.05) is 65.7 Å². The highest BCUT2D eigenvalue weighted by molar-refractivity contribution is 6.21. The zero-order valence-corrected chi connectivity index (χ0v) is 21.2. The van der Waals surface area contributed by atoms with Crippen LogP contribution in [0.25, 0.3) is 11.1 Å². The molecule has 0 unspecified atom stereocenters. The Bertz CT molecular complexity index is 1620. The van der Waals surface area contributed by atoms with Crippen LogP contribution in [0.1, 0.15) is 48.1 Å². The number of methoxy groups -OCH3 is 1. The summed E-state index contributed by atoms with van der Waals surface area (Å²) >= 11 is 0. The number of fused-ring (bicyclic) bond motifs is 4. The van der Waals surface area contributed by atoms with Crippen LogP contribution in [0.3, 0.4) is 0 Å². The van der Waals surface area contributed by atoms with Crippen LogP contribution in [0.4, 0.5) is 10.5 Å². The Labute approximate surface area is 228 Å². The second kappa shape index (κ2) is 10.0. The van der Waals surface area contributed by atoms with Crippen molar-refractivity contribution in [3.05, 3.63) is 119 Å². The van der Waals surface area contributed by atoms with Crippen LogP contribution in [0, 0.1) is 0 Å². The van der Waals surface area contributed by atoms with Crippen molar-refractivity contribution >= 4 is 29.6 Å². The minimum Gasteiger partial charge on any atom is -0.495 e. The number of rotatable bonds is 6. The molecule has 1 aliphatic heterocycles. The fraction of sp³-hybridized carbons (Fsp3) is 0.0968. The van der Waals surface area contributed by atoms with Crippen molar-refractivity contribution in [2.24, 2.45) is 0 Å². The third kappa shape index (κ3) is 4.23. The number of nitrogens with one attached hydrogen (secondary N) is 1. The molecule has 0 saturated carbocycles. The van der Waals surface area contributed by atoms with Crippen LogP contribution in [0.5, 0.6) is 5.75 Å². The molecule has 0 atom stereocenters. The summed E-state index contributed by atoms with van der Waals surface area (Å²) in [7, 11) is 1.41. The molecule has 1 heterocycles. The molecule has 40 heavy (non-hydrogen) atoms. The molecule has 4 aromatic rings. The molecular weight excluding hydrogens is 512 g/mol. The van der Waals surface area contributed by atoms with Gasteiger partial charge >= 0.3 is 12.1 Å². The average Bonchev–Trinajstić information content (AvgIpc) is 3.43. The Balaban J connectivity index is 1.15. The number of imide groups is 1. The van der Waals surface area contributed by atoms with E-state index in [2.05, 4.69) is 5.32 Å². The molecule has 1 N–H and O–H groups in total. The lowest BCUT2D eigenvalue weighted by atomic mass is 9.98. The van der Waals surface area contributed by atoms with E-state index in [1.54, 1.807) is 12.1 Å². The SMILES string of the molecule is COc1ccc(C(=O)ON2C(=O)c3ccccc3C2=O)cc1NC(=O)OCC1c2ccccc2-c2ccccc21. The molecule has 4 aromatic carbocycles. The Morgan fingerprint density at radius 1 is 0.775 bits per heavy atom. The van der Waals surface area contributed by atoms with Crippen LogP contribution < -0.4 is 10.1 Å². The first-order valence-electron chi connectivity index (χ1n) is 12.5. The van der Waals surface area contributed by atoms with E-state index in [-0.39, 0.29) is 40.7 Å². The van der Waals surface area contributed by atoms with E-state index < -0.39 is 23.9 Å². The number of benzene rings is 4. The van der Waals surface area contributed by atoms with Gasteiger partial charge in [0.25, 0.3) is 11.8 Å². The minimum absolute atomic E-state index is 0.0219. The Kier molecular flexibility index (Phi) is 6.24. The van der Waals surface area contributed by atoms with E-state index in [1.165, 1.54) is 37.4 Å². The predicted octanol–water partition coefficient (Wildman–Crippen LogP) is 5.42. The topological polar surface area (TPSA) is 111 Å². The number of ether oxygens (including phenoxy) is 2. The predicted molar refractivity (Wildman–Crippen MR) is 144 cm³/mol. The van der Waals surface area contributed by atoms with Crippen molar-refractivity contribution < 1.29 is 33.5 Å². The standard InChI is InChI=1S/C31H22N2O7/c1-38-27-15-14-18(30(36)40-33-28(34)23-12-6-7-13-24(23)29(33)35)16-26(27)32-31(37)39-17-25-21-10-4-2-8-19(21)20-9-3-5-11-22(20)25/h2-16,25H,17H2,1H3,(H,32,37). The average molecular weight is 535 g/mol. The maximum absolute atomic E-state index is 12.9. The molecule has 0 fully saturated rings. The van der Waals surface area contributed by atoms with Gasteiger partial charge in [0.2, 0.25) is 0 Å². The number of hydroxylamine groups is 2. The number of anilines is 1. The molecule has 2 aliphatic rings. The fourth-order valence-corrected chi connectivity index (χ4v) is 5.06. The number of hydrogen-bond donors (Lipinski definition) is 1. The smallest absolute Gasteiger partial charge is 0.411 e. The van der Waals surface area contributed by atoms with Gasteiger partial charge in [-0.25, -0.2) is 9.59 Å². The van der Waals surface area contributed by atoms with Crippen molar-refractivity contribution in [2.75, 3.05) is 19.0 Å². The second-order valence-corrected chi connectivity index (χ2v) is 9.19. The molecule has 0 radical (unpaired) electrons. The summed E-state index contributed by atoms with van der Waals surface area (Å²) in [5, 5.41) is 3.04. The van der Waals surface area contributed by atoms with Gasteiger partial charge in [-0.15, -0.1) is 0 Å². The fourth-order valence-electron chi connectivity index (χ4n) is 5.06. The quantitative estimate of drug-likeness (QED) is 0.329. The van der Waals surface area contributed by atoms with Gasteiger partial charge in [0.05, 0.1) is 29.5 Å². The summed E-state index contributed by atoms with van der Waals surface area (Å²) in [4.78, 5) is 55.9. The summed E-state index contributed by atoms with van der Waals surface area (Å²) in [5.41, 5.74) is 4.79. The molecule has 1 aliphatic carbocycles. The van der Waals surface area contributed by atoms with Gasteiger partial charge in [0.1, 0.15) is 12.4 Å². The first kappa shape index (κ1) is 24.9. The molecule has 3 amide bonds. The van der Waals surface area contributed by atoms with Crippen molar-refractivity contribution in [1.29, 1.82) is 0 Å². The molecule has 6 rings (SSSR count). The number of carbonyl (C=O) groups is 4. The van der Waals surface area contributed by atoms with E-state index in [0.29, 0.717) is 5.06 Å². The first-order valence-corrected chi connectivity index (χ1v) is 12.5. The number of hydrogen-bond acceptors (Lipinski definition) is 7. The van der Waals surface area contributed by atoms with Gasteiger partial charge in [0, 0.05) is 5.92 Å². The number of amides is 3. The minimum atomic E-state index is -0.965. The lowest BCUT2D eigenvalue weighted by Gasteiger charge is -2.16. The molecule has 9 heteroatoms. The molecule has 9 nitrogen and oxygen atoms in total. The van der Waals surface area contributed by atoms with E-state index in [1.807, 2.05) is 48.5 Å². The maximum atomic E-state index is 12.9. The summed E-state index contributed by atoms with van der Waals surface area (Å²) in [5.74, 6) is -2.29. The van der Waals surface area contributed by atoms with Gasteiger partial charge in [0.15, 0.2) is 0 Å². The summed E-state index contributed by atoms with van der Waals surface area (Å²) in [6.07, 6.45) is -0.744. The van der Waals surface area contributed by atoms with Crippen LogP contribution in [0.2, 0.25) is 0 Å². The lowest BCUT2D eigenvalue weighted by molar-refractivity contribution is -0.0584. The molecule has 0 spiro atoms. The highest BCUT2D eigenvalue weighted by atomic mass is 16.7. The van der Waals surface area contributed by atoms with Crippen LogP contribution in [-0.2, 0) is 9.57 Å². The van der Waals surface area contributed by atoms with E-state index >= 15 is 0 Å². The van der Waals surface area contributed by atoms with E-state index in [9.17, 15) is 19.2 Å². The normalized spacial score (nSPS) is 13.4. The zero-order valence-electron chi connectivity index (χ0n) is 21.2. The van der Waals surface area contributed by atoms with Crippen molar-refractivity contribution in [3.63, 3.8) is 0 Å². The molecular formula is C31H22N2O7. The van der Waals surface area contributed by atoms with Crippen LogP contribution in [-0.4, -0.2) is 42.7 Å². The third-order valence-corrected chi connectivity index (χ3v) is 6.95. The molecule has 0 bridgehead atoms. The first-order chi connectivity index (χ1) is 19.5. The summed E-state index contributed by atoms with van der Waals surface area (Å²) in [6, 6.07) is 26.3. The second-order valence-electron chi connectivity index (χ2n) is 9.19. The van der Waals surface area contributed by atoms with Crippen molar-refractivity contribution in [1.82, 2.24) is 5.06 Å². The largest absolute Gasteiger partial charge is 0.495 e. The molecule has 0 saturated heterocycles. The van der Waals surface area contributed by atoms with Gasteiger partial charge in [-0.05, 0) is 52.6 Å².